The van der Waals surface area contributed by atoms with Crippen LogP contribution in [0.1, 0.15) is 55.9 Å². The van der Waals surface area contributed by atoms with Crippen molar-refractivity contribution in [2.75, 3.05) is 20.3 Å². The number of hydrogen-bond acceptors (Lipinski definition) is 2. The Morgan fingerprint density at radius 2 is 1.71 bits per heavy atom. The van der Waals surface area contributed by atoms with Crippen LogP contribution in [0.25, 0.3) is 0 Å². The Morgan fingerprint density at radius 3 is 1.93 bits per heavy atom. The Balaban J connectivity index is -0.000000125. The lowest BCUT2D eigenvalue weighted by molar-refractivity contribution is -0.159. The molecule has 0 aromatic carbocycles. The monoisotopic (exact) mass is 208 g/mol. The molecular weight excluding hydrogens is 176 g/mol. The summed E-state index contributed by atoms with van der Waals surface area (Å²) in [5.74, 6) is 0. The molecule has 0 aromatic rings. The molecule has 0 spiro atoms. The van der Waals surface area contributed by atoms with Crippen molar-refractivity contribution in [2.45, 2.75) is 61.5 Å². The first-order chi connectivity index (χ1) is 4.83. The van der Waals surface area contributed by atoms with Crippen molar-refractivity contribution in [3.8, 4) is 0 Å². The first kappa shape index (κ1) is 23.6. The molecule has 0 saturated carbocycles. The molecule has 0 aromatic heterocycles. The summed E-state index contributed by atoms with van der Waals surface area (Å²) in [7, 11) is 1.74. The summed E-state index contributed by atoms with van der Waals surface area (Å²) < 4.78 is 10.5. The van der Waals surface area contributed by atoms with Crippen LogP contribution in [0, 0.1) is 0 Å². The van der Waals surface area contributed by atoms with Crippen LogP contribution in [0.4, 0.5) is 0 Å². The van der Waals surface area contributed by atoms with Crippen LogP contribution in [0.2, 0.25) is 0 Å². The smallest absolute Gasteiger partial charge is 0.0723 e. The molecular formula is C12H32O2. The third-order valence-corrected chi connectivity index (χ3v) is 2.37. The number of ether oxygens (including phenoxy) is 2. The lowest BCUT2D eigenvalue weighted by Crippen LogP contribution is -2.43. The van der Waals surface area contributed by atoms with Crippen molar-refractivity contribution in [2.24, 2.45) is 0 Å². The molecule has 1 saturated heterocycles. The van der Waals surface area contributed by atoms with Gasteiger partial charge in [-0.1, -0.05) is 36.6 Å². The summed E-state index contributed by atoms with van der Waals surface area (Å²) in [6.07, 6.45) is 3.39. The zero-order valence-electron chi connectivity index (χ0n) is 6.85. The average molecular weight is 208 g/mol. The molecule has 1 atom stereocenters. The topological polar surface area (TPSA) is 18.5 Å². The van der Waals surface area contributed by atoms with Crippen LogP contribution >= 0.6 is 0 Å². The maximum atomic E-state index is 5.49. The van der Waals surface area contributed by atoms with Gasteiger partial charge >= 0.3 is 0 Å². The van der Waals surface area contributed by atoms with Crippen molar-refractivity contribution in [1.29, 1.82) is 0 Å². The fourth-order valence-electron chi connectivity index (χ4n) is 1.33. The summed E-state index contributed by atoms with van der Waals surface area (Å²) in [5, 5.41) is 0. The second-order valence-electron chi connectivity index (χ2n) is 2.88. The summed E-state index contributed by atoms with van der Waals surface area (Å²) >= 11 is 0. The maximum absolute atomic E-state index is 5.49. The minimum Gasteiger partial charge on any atom is -0.385 e. The molecule has 0 aliphatic carbocycles. The molecule has 1 aliphatic rings. The zero-order chi connectivity index (χ0) is 7.45. The zero-order valence-corrected chi connectivity index (χ0v) is 6.85. The number of rotatable bonds is 4. The lowest BCUT2D eigenvalue weighted by atomic mass is 9.89. The molecule has 2 heteroatoms. The average Bonchev–Trinajstić information content (AvgIpc) is 1.87. The lowest BCUT2D eigenvalue weighted by Gasteiger charge is -2.41. The molecule has 2 nitrogen and oxygen atoms in total. The molecule has 0 amide bonds. The van der Waals surface area contributed by atoms with E-state index >= 15 is 0 Å². The van der Waals surface area contributed by atoms with Crippen LogP contribution in [0.3, 0.4) is 0 Å². The standard InChI is InChI=1S/C8H16O2.4CH4/c1-3-8(4-6-9-2)5-7-10-8;;;;/h3-7H2,1-2H3;4*1H4. The van der Waals surface area contributed by atoms with Gasteiger partial charge in [0.05, 0.1) is 12.2 Å². The largest absolute Gasteiger partial charge is 0.385 e. The van der Waals surface area contributed by atoms with E-state index in [0.717, 1.165) is 26.1 Å². The molecule has 0 radical (unpaired) electrons. The van der Waals surface area contributed by atoms with Crippen molar-refractivity contribution in [3.05, 3.63) is 0 Å². The van der Waals surface area contributed by atoms with E-state index in [-0.39, 0.29) is 35.3 Å². The van der Waals surface area contributed by atoms with Gasteiger partial charge in [-0.25, -0.2) is 0 Å². The normalized spacial score (nSPS) is 22.7. The van der Waals surface area contributed by atoms with Gasteiger partial charge in [0.2, 0.25) is 0 Å². The Kier molecular flexibility index (Phi) is 18.5. The molecule has 1 aliphatic heterocycles. The summed E-state index contributed by atoms with van der Waals surface area (Å²) in [6, 6.07) is 0. The predicted molar refractivity (Wildman–Crippen MR) is 67.0 cm³/mol. The van der Waals surface area contributed by atoms with E-state index in [9.17, 15) is 0 Å². The fourth-order valence-corrected chi connectivity index (χ4v) is 1.33. The molecule has 1 unspecified atom stereocenters. The predicted octanol–water partition coefficient (Wildman–Crippen LogP) is 4.14. The number of hydrogen-bond donors (Lipinski definition) is 0. The van der Waals surface area contributed by atoms with Crippen molar-refractivity contribution in [1.82, 2.24) is 0 Å². The van der Waals surface area contributed by atoms with E-state index in [1.807, 2.05) is 0 Å². The summed E-state index contributed by atoms with van der Waals surface area (Å²) in [6.45, 7) is 3.94. The SMILES string of the molecule is C.C.C.C.CCC1(CCOC)CCO1. The van der Waals surface area contributed by atoms with Gasteiger partial charge in [-0.2, -0.15) is 0 Å². The van der Waals surface area contributed by atoms with E-state index in [1.165, 1.54) is 6.42 Å². The van der Waals surface area contributed by atoms with Gasteiger partial charge in [-0.05, 0) is 19.3 Å². The van der Waals surface area contributed by atoms with Gasteiger partial charge in [-0.15, -0.1) is 0 Å². The molecule has 92 valence electrons. The summed E-state index contributed by atoms with van der Waals surface area (Å²) in [5.41, 5.74) is 0.190. The van der Waals surface area contributed by atoms with E-state index in [0.29, 0.717) is 0 Å². The van der Waals surface area contributed by atoms with Gasteiger partial charge in [-0.3, -0.25) is 0 Å². The van der Waals surface area contributed by atoms with Crippen LogP contribution < -0.4 is 0 Å². The van der Waals surface area contributed by atoms with Gasteiger partial charge in [0.25, 0.3) is 0 Å². The third kappa shape index (κ3) is 5.61. The third-order valence-electron chi connectivity index (χ3n) is 2.37. The fraction of sp³-hybridized carbons (Fsp3) is 1.00. The van der Waals surface area contributed by atoms with Gasteiger partial charge in [0.15, 0.2) is 0 Å². The molecule has 0 N–H and O–H groups in total. The molecule has 0 bridgehead atoms. The van der Waals surface area contributed by atoms with Gasteiger partial charge in [0, 0.05) is 13.7 Å². The Bertz CT molecular complexity index is 93.0. The van der Waals surface area contributed by atoms with Crippen molar-refractivity contribution in [3.63, 3.8) is 0 Å². The van der Waals surface area contributed by atoms with E-state index < -0.39 is 0 Å². The Labute approximate surface area is 92.0 Å². The molecule has 1 heterocycles. The Morgan fingerprint density at radius 1 is 1.21 bits per heavy atom. The van der Waals surface area contributed by atoms with Crippen LogP contribution in [0.5, 0.6) is 0 Å². The first-order valence-electron chi connectivity index (χ1n) is 3.96. The van der Waals surface area contributed by atoms with Crippen molar-refractivity contribution < 1.29 is 9.47 Å². The quantitative estimate of drug-likeness (QED) is 0.691. The van der Waals surface area contributed by atoms with Gasteiger partial charge < -0.3 is 9.47 Å². The van der Waals surface area contributed by atoms with Gasteiger partial charge in [0.1, 0.15) is 0 Å². The highest BCUT2D eigenvalue weighted by atomic mass is 16.5. The molecule has 1 rings (SSSR count). The van der Waals surface area contributed by atoms with Crippen LogP contribution in [-0.4, -0.2) is 25.9 Å². The van der Waals surface area contributed by atoms with E-state index in [1.54, 1.807) is 7.11 Å². The minimum absolute atomic E-state index is 0. The van der Waals surface area contributed by atoms with Crippen LogP contribution in [-0.2, 0) is 9.47 Å². The van der Waals surface area contributed by atoms with Crippen LogP contribution in [0.15, 0.2) is 0 Å². The molecule has 14 heavy (non-hydrogen) atoms. The van der Waals surface area contributed by atoms with Crippen molar-refractivity contribution >= 4 is 0 Å². The number of methoxy groups -OCH3 is 1. The van der Waals surface area contributed by atoms with E-state index in [2.05, 4.69) is 6.92 Å². The minimum atomic E-state index is 0. The summed E-state index contributed by atoms with van der Waals surface area (Å²) in [4.78, 5) is 0. The second-order valence-corrected chi connectivity index (χ2v) is 2.88. The maximum Gasteiger partial charge on any atom is 0.0723 e. The highest BCUT2D eigenvalue weighted by Gasteiger charge is 2.35. The van der Waals surface area contributed by atoms with E-state index in [4.69, 9.17) is 9.47 Å². The first-order valence-corrected chi connectivity index (χ1v) is 3.96. The Hall–Kier alpha value is -0.0800. The highest BCUT2D eigenvalue weighted by Crippen LogP contribution is 2.32. The highest BCUT2D eigenvalue weighted by molar-refractivity contribution is 4.85. The molecule has 1 fully saturated rings. The second kappa shape index (κ2) is 11.0.